The Hall–Kier alpha value is -2.25. The molecular formula is C15H13ClN4O2S. The van der Waals surface area contributed by atoms with Crippen molar-refractivity contribution in [2.45, 2.75) is 19.8 Å². The van der Waals surface area contributed by atoms with E-state index < -0.39 is 5.91 Å². The van der Waals surface area contributed by atoms with Gasteiger partial charge in [0.2, 0.25) is 10.6 Å². The van der Waals surface area contributed by atoms with Crippen molar-refractivity contribution in [2.75, 3.05) is 5.32 Å². The Morgan fingerprint density at radius 2 is 2.22 bits per heavy atom. The third-order valence-electron chi connectivity index (χ3n) is 3.26. The molecule has 0 atom stereocenters. The zero-order chi connectivity index (χ0) is 16.4. The number of benzene rings is 1. The number of aryl methyl sites for hydroxylation is 1. The zero-order valence-corrected chi connectivity index (χ0v) is 13.8. The highest BCUT2D eigenvalue weighted by molar-refractivity contribution is 7.15. The number of para-hydroxylation sites is 1. The monoisotopic (exact) mass is 348 g/mol. The summed E-state index contributed by atoms with van der Waals surface area (Å²) in [6.07, 6.45) is 3.12. The Morgan fingerprint density at radius 3 is 3.00 bits per heavy atom. The molecule has 0 unspecified atom stereocenters. The van der Waals surface area contributed by atoms with E-state index >= 15 is 0 Å². The van der Waals surface area contributed by atoms with E-state index in [9.17, 15) is 9.59 Å². The van der Waals surface area contributed by atoms with Crippen molar-refractivity contribution in [3.05, 3.63) is 50.2 Å². The molecule has 3 rings (SSSR count). The van der Waals surface area contributed by atoms with Crippen LogP contribution in [0.3, 0.4) is 0 Å². The minimum absolute atomic E-state index is 0.00649. The standard InChI is InChI=1S/C15H13ClN4O2S/c1-2-4-11-19-20-15(23-11)18-14(22)9-7-17-12-8(13(9)21)5-3-6-10(12)16/h3,5-7H,2,4H2,1H3,(H,17,21)(H,18,20,22). The zero-order valence-electron chi connectivity index (χ0n) is 12.2. The molecule has 0 aliphatic carbocycles. The Morgan fingerprint density at radius 1 is 1.39 bits per heavy atom. The number of nitrogens with zero attached hydrogens (tertiary/aromatic N) is 2. The first-order chi connectivity index (χ1) is 11.1. The minimum Gasteiger partial charge on any atom is -0.359 e. The lowest BCUT2D eigenvalue weighted by Crippen LogP contribution is -2.21. The Labute approximate surface area is 140 Å². The molecule has 0 spiro atoms. The van der Waals surface area contributed by atoms with Crippen LogP contribution in [0.2, 0.25) is 5.02 Å². The van der Waals surface area contributed by atoms with Crippen molar-refractivity contribution in [3.8, 4) is 0 Å². The second-order valence-electron chi connectivity index (χ2n) is 4.90. The maximum Gasteiger partial charge on any atom is 0.262 e. The molecule has 0 saturated carbocycles. The van der Waals surface area contributed by atoms with Crippen LogP contribution in [-0.2, 0) is 6.42 Å². The molecule has 118 valence electrons. The van der Waals surface area contributed by atoms with E-state index in [1.807, 2.05) is 6.92 Å². The third-order valence-corrected chi connectivity index (χ3v) is 4.47. The molecule has 2 N–H and O–H groups in total. The van der Waals surface area contributed by atoms with Crippen molar-refractivity contribution < 1.29 is 4.79 Å². The summed E-state index contributed by atoms with van der Waals surface area (Å²) >= 11 is 7.34. The number of hydrogen-bond donors (Lipinski definition) is 2. The molecule has 8 heteroatoms. The number of anilines is 1. The van der Waals surface area contributed by atoms with Crippen LogP contribution in [0.25, 0.3) is 10.9 Å². The van der Waals surface area contributed by atoms with Crippen LogP contribution in [0.1, 0.15) is 28.7 Å². The maximum atomic E-state index is 12.4. The number of hydrogen-bond acceptors (Lipinski definition) is 5. The van der Waals surface area contributed by atoms with Gasteiger partial charge in [0.1, 0.15) is 10.6 Å². The average Bonchev–Trinajstić information content (AvgIpc) is 2.96. The van der Waals surface area contributed by atoms with Gasteiger partial charge in [-0.25, -0.2) is 0 Å². The fourth-order valence-corrected chi connectivity index (χ4v) is 3.23. The summed E-state index contributed by atoms with van der Waals surface area (Å²) in [5.74, 6) is -0.521. The predicted octanol–water partition coefficient (Wildman–Crippen LogP) is 3.24. The molecule has 0 aliphatic rings. The molecule has 23 heavy (non-hydrogen) atoms. The van der Waals surface area contributed by atoms with E-state index in [0.717, 1.165) is 17.8 Å². The first-order valence-electron chi connectivity index (χ1n) is 7.03. The number of halogens is 1. The molecule has 2 heterocycles. The van der Waals surface area contributed by atoms with Gasteiger partial charge in [-0.15, -0.1) is 10.2 Å². The largest absolute Gasteiger partial charge is 0.359 e. The number of H-pyrrole nitrogens is 1. The fourth-order valence-electron chi connectivity index (χ4n) is 2.17. The number of amides is 1. The summed E-state index contributed by atoms with van der Waals surface area (Å²) in [6, 6.07) is 4.97. The van der Waals surface area contributed by atoms with Crippen LogP contribution in [0, 0.1) is 0 Å². The summed E-state index contributed by atoms with van der Waals surface area (Å²) in [4.78, 5) is 27.6. The van der Waals surface area contributed by atoms with Gasteiger partial charge in [0.05, 0.1) is 10.5 Å². The van der Waals surface area contributed by atoms with Crippen molar-refractivity contribution in [1.29, 1.82) is 0 Å². The van der Waals surface area contributed by atoms with Gasteiger partial charge in [0, 0.05) is 18.0 Å². The first-order valence-corrected chi connectivity index (χ1v) is 8.23. The Balaban J connectivity index is 1.91. The van der Waals surface area contributed by atoms with Crippen molar-refractivity contribution in [3.63, 3.8) is 0 Å². The topological polar surface area (TPSA) is 87.7 Å². The molecule has 0 fully saturated rings. The van der Waals surface area contributed by atoms with Gasteiger partial charge in [0.15, 0.2) is 0 Å². The number of pyridine rings is 1. The van der Waals surface area contributed by atoms with Crippen LogP contribution in [0.5, 0.6) is 0 Å². The number of aromatic amines is 1. The lowest BCUT2D eigenvalue weighted by atomic mass is 10.1. The van der Waals surface area contributed by atoms with Crippen molar-refractivity contribution in [2.24, 2.45) is 0 Å². The highest BCUT2D eigenvalue weighted by Crippen LogP contribution is 2.20. The molecule has 6 nitrogen and oxygen atoms in total. The summed E-state index contributed by atoms with van der Waals surface area (Å²) in [7, 11) is 0. The van der Waals surface area contributed by atoms with Crippen LogP contribution in [0.15, 0.2) is 29.2 Å². The van der Waals surface area contributed by atoms with Gasteiger partial charge in [-0.3, -0.25) is 14.9 Å². The van der Waals surface area contributed by atoms with Gasteiger partial charge < -0.3 is 4.98 Å². The lowest BCUT2D eigenvalue weighted by Gasteiger charge is -2.04. The van der Waals surface area contributed by atoms with E-state index in [1.165, 1.54) is 17.5 Å². The second kappa shape index (κ2) is 6.47. The molecule has 3 aromatic rings. The smallest absolute Gasteiger partial charge is 0.262 e. The minimum atomic E-state index is -0.521. The number of fused-ring (bicyclic) bond motifs is 1. The molecule has 0 bridgehead atoms. The van der Waals surface area contributed by atoms with Gasteiger partial charge in [-0.1, -0.05) is 35.9 Å². The first kappa shape index (κ1) is 15.6. The number of nitrogens with one attached hydrogen (secondary N) is 2. The van der Waals surface area contributed by atoms with E-state index in [1.54, 1.807) is 18.2 Å². The summed E-state index contributed by atoms with van der Waals surface area (Å²) in [6.45, 7) is 2.04. The van der Waals surface area contributed by atoms with Gasteiger partial charge in [-0.05, 0) is 18.6 Å². The lowest BCUT2D eigenvalue weighted by molar-refractivity contribution is 0.102. The number of carbonyl (C=O) groups excluding carboxylic acids is 1. The average molecular weight is 349 g/mol. The van der Waals surface area contributed by atoms with E-state index in [0.29, 0.717) is 21.1 Å². The highest BCUT2D eigenvalue weighted by Gasteiger charge is 2.16. The third kappa shape index (κ3) is 3.11. The quantitative estimate of drug-likeness (QED) is 0.757. The van der Waals surface area contributed by atoms with E-state index in [-0.39, 0.29) is 11.0 Å². The molecule has 0 radical (unpaired) electrons. The van der Waals surface area contributed by atoms with Crippen molar-refractivity contribution in [1.82, 2.24) is 15.2 Å². The maximum absolute atomic E-state index is 12.4. The molecule has 0 saturated heterocycles. The van der Waals surface area contributed by atoms with Gasteiger partial charge >= 0.3 is 0 Å². The Bertz CT molecular complexity index is 935. The second-order valence-corrected chi connectivity index (χ2v) is 6.37. The summed E-state index contributed by atoms with van der Waals surface area (Å²) < 4.78 is 0. The van der Waals surface area contributed by atoms with Crippen LogP contribution < -0.4 is 10.7 Å². The predicted molar refractivity (Wildman–Crippen MR) is 91.4 cm³/mol. The van der Waals surface area contributed by atoms with Crippen molar-refractivity contribution >= 4 is 44.9 Å². The number of aromatic nitrogens is 3. The normalized spacial score (nSPS) is 10.9. The van der Waals surface area contributed by atoms with Crippen LogP contribution >= 0.6 is 22.9 Å². The van der Waals surface area contributed by atoms with E-state index in [2.05, 4.69) is 20.5 Å². The van der Waals surface area contributed by atoms with Crippen LogP contribution in [0.4, 0.5) is 5.13 Å². The SMILES string of the molecule is CCCc1nnc(NC(=O)c2c[nH]c3c(Cl)cccc3c2=O)s1. The molecule has 2 aromatic heterocycles. The summed E-state index contributed by atoms with van der Waals surface area (Å²) in [5, 5.41) is 12.5. The van der Waals surface area contributed by atoms with Gasteiger partial charge in [-0.2, -0.15) is 0 Å². The molecule has 0 aliphatic heterocycles. The van der Waals surface area contributed by atoms with Gasteiger partial charge in [0.25, 0.3) is 5.91 Å². The fraction of sp³-hybridized carbons (Fsp3) is 0.200. The molecule has 1 amide bonds. The number of carbonyl (C=O) groups is 1. The molecule has 1 aromatic carbocycles. The summed E-state index contributed by atoms with van der Waals surface area (Å²) in [5.41, 5.74) is 0.140. The highest BCUT2D eigenvalue weighted by atomic mass is 35.5. The Kier molecular flexibility index (Phi) is 4.40. The number of rotatable bonds is 4. The molecular weight excluding hydrogens is 336 g/mol. The van der Waals surface area contributed by atoms with Crippen LogP contribution in [-0.4, -0.2) is 21.1 Å². The van der Waals surface area contributed by atoms with E-state index in [4.69, 9.17) is 11.6 Å².